The van der Waals surface area contributed by atoms with Gasteiger partial charge in [-0.1, -0.05) is 12.1 Å². The zero-order valence-electron chi connectivity index (χ0n) is 12.1. The second kappa shape index (κ2) is 5.94. The smallest absolute Gasteiger partial charge is 0.111 e. The Labute approximate surface area is 119 Å². The van der Waals surface area contributed by atoms with Crippen molar-refractivity contribution in [3.63, 3.8) is 0 Å². The van der Waals surface area contributed by atoms with E-state index in [9.17, 15) is 0 Å². The summed E-state index contributed by atoms with van der Waals surface area (Å²) in [7, 11) is 2.07. The zero-order valence-corrected chi connectivity index (χ0v) is 12.1. The third-order valence-corrected chi connectivity index (χ3v) is 4.21. The summed E-state index contributed by atoms with van der Waals surface area (Å²) in [6.45, 7) is 0.921. The molecule has 1 aliphatic heterocycles. The number of imidazole rings is 1. The Morgan fingerprint density at radius 2 is 2.30 bits per heavy atom. The highest BCUT2D eigenvalue weighted by molar-refractivity contribution is 5.75. The van der Waals surface area contributed by atoms with Crippen molar-refractivity contribution in [3.8, 4) is 0 Å². The minimum absolute atomic E-state index is 0.162. The standard InChI is InChI=1S/C16H23N3O/c1-19-15-7-3-2-6-14(15)18-16(19)11-12(17)8-9-13-5-4-10-20-13/h2-3,6-7,12-13H,4-5,8-11,17H2,1H3. The summed E-state index contributed by atoms with van der Waals surface area (Å²) in [5.41, 5.74) is 8.49. The van der Waals surface area contributed by atoms with Gasteiger partial charge in [-0.05, 0) is 37.8 Å². The molecule has 4 nitrogen and oxygen atoms in total. The maximum Gasteiger partial charge on any atom is 0.111 e. The molecule has 1 aromatic heterocycles. The van der Waals surface area contributed by atoms with Gasteiger partial charge >= 0.3 is 0 Å². The molecule has 2 N–H and O–H groups in total. The van der Waals surface area contributed by atoms with Gasteiger partial charge in [0.2, 0.25) is 0 Å². The Bertz CT molecular complexity index is 572. The summed E-state index contributed by atoms with van der Waals surface area (Å²) in [4.78, 5) is 4.68. The number of aryl methyl sites for hydroxylation is 1. The maximum absolute atomic E-state index is 6.27. The number of fused-ring (bicyclic) bond motifs is 1. The number of nitrogens with two attached hydrogens (primary N) is 1. The van der Waals surface area contributed by atoms with E-state index < -0.39 is 0 Å². The van der Waals surface area contributed by atoms with E-state index in [2.05, 4.69) is 28.7 Å². The number of para-hydroxylation sites is 2. The van der Waals surface area contributed by atoms with Crippen LogP contribution in [0.4, 0.5) is 0 Å². The molecule has 0 bridgehead atoms. The molecule has 2 atom stereocenters. The first-order valence-corrected chi connectivity index (χ1v) is 7.51. The van der Waals surface area contributed by atoms with Crippen LogP contribution in [-0.4, -0.2) is 28.3 Å². The fourth-order valence-corrected chi connectivity index (χ4v) is 2.99. The van der Waals surface area contributed by atoms with Crippen molar-refractivity contribution in [2.24, 2.45) is 12.8 Å². The van der Waals surface area contributed by atoms with Gasteiger partial charge in [-0.15, -0.1) is 0 Å². The van der Waals surface area contributed by atoms with E-state index in [1.165, 1.54) is 18.4 Å². The first-order valence-electron chi connectivity index (χ1n) is 7.51. The Kier molecular flexibility index (Phi) is 4.03. The summed E-state index contributed by atoms with van der Waals surface area (Å²) in [6.07, 6.45) is 5.74. The van der Waals surface area contributed by atoms with Crippen LogP contribution in [0.25, 0.3) is 11.0 Å². The molecular formula is C16H23N3O. The molecular weight excluding hydrogens is 250 g/mol. The molecule has 1 aliphatic rings. The third kappa shape index (κ3) is 2.86. The van der Waals surface area contributed by atoms with Gasteiger partial charge in [0.1, 0.15) is 5.82 Å². The molecule has 0 aliphatic carbocycles. The summed E-state index contributed by atoms with van der Waals surface area (Å²) in [6, 6.07) is 8.39. The summed E-state index contributed by atoms with van der Waals surface area (Å²) < 4.78 is 7.80. The van der Waals surface area contributed by atoms with Crippen LogP contribution in [0.1, 0.15) is 31.5 Å². The lowest BCUT2D eigenvalue weighted by atomic mass is 10.0. The first kappa shape index (κ1) is 13.6. The largest absolute Gasteiger partial charge is 0.378 e. The predicted molar refractivity (Wildman–Crippen MR) is 80.6 cm³/mol. The van der Waals surface area contributed by atoms with E-state index in [0.29, 0.717) is 6.10 Å². The molecule has 0 amide bonds. The average Bonchev–Trinajstić information content (AvgIpc) is 3.07. The van der Waals surface area contributed by atoms with E-state index >= 15 is 0 Å². The lowest BCUT2D eigenvalue weighted by molar-refractivity contribution is 0.101. The van der Waals surface area contributed by atoms with Crippen molar-refractivity contribution in [2.45, 2.75) is 44.2 Å². The lowest BCUT2D eigenvalue weighted by Crippen LogP contribution is -2.26. The highest BCUT2D eigenvalue weighted by Crippen LogP contribution is 2.19. The van der Waals surface area contributed by atoms with E-state index in [1.807, 2.05) is 12.1 Å². The zero-order chi connectivity index (χ0) is 13.9. The van der Waals surface area contributed by atoms with Crippen LogP contribution in [0.3, 0.4) is 0 Å². The van der Waals surface area contributed by atoms with E-state index in [-0.39, 0.29) is 6.04 Å². The van der Waals surface area contributed by atoms with Gasteiger partial charge in [0.15, 0.2) is 0 Å². The van der Waals surface area contributed by atoms with Crippen LogP contribution in [0.2, 0.25) is 0 Å². The number of ether oxygens (including phenoxy) is 1. The second-order valence-electron chi connectivity index (χ2n) is 5.75. The topological polar surface area (TPSA) is 53.1 Å². The average molecular weight is 273 g/mol. The molecule has 1 saturated heterocycles. The van der Waals surface area contributed by atoms with Crippen molar-refractivity contribution in [1.29, 1.82) is 0 Å². The fraction of sp³-hybridized carbons (Fsp3) is 0.562. The molecule has 2 unspecified atom stereocenters. The summed E-state index contributed by atoms with van der Waals surface area (Å²) in [5.74, 6) is 1.08. The van der Waals surface area contributed by atoms with Crippen molar-refractivity contribution in [1.82, 2.24) is 9.55 Å². The van der Waals surface area contributed by atoms with Crippen LogP contribution >= 0.6 is 0 Å². The van der Waals surface area contributed by atoms with Gasteiger partial charge in [0.05, 0.1) is 17.1 Å². The molecule has 1 fully saturated rings. The number of benzene rings is 1. The molecule has 108 valence electrons. The van der Waals surface area contributed by atoms with E-state index in [0.717, 1.165) is 37.2 Å². The fourth-order valence-electron chi connectivity index (χ4n) is 2.99. The SMILES string of the molecule is Cn1c(CC(N)CCC2CCCO2)nc2ccccc21. The molecule has 0 spiro atoms. The molecule has 4 heteroatoms. The quantitative estimate of drug-likeness (QED) is 0.910. The van der Waals surface area contributed by atoms with Gasteiger partial charge in [0.25, 0.3) is 0 Å². The van der Waals surface area contributed by atoms with Gasteiger partial charge in [0, 0.05) is 26.1 Å². The van der Waals surface area contributed by atoms with Crippen molar-refractivity contribution in [2.75, 3.05) is 6.61 Å². The molecule has 0 saturated carbocycles. The number of hydrogen-bond donors (Lipinski definition) is 1. The minimum atomic E-state index is 0.162. The monoisotopic (exact) mass is 273 g/mol. The number of nitrogens with zero attached hydrogens (tertiary/aromatic N) is 2. The Hall–Kier alpha value is -1.39. The Morgan fingerprint density at radius 3 is 3.05 bits per heavy atom. The van der Waals surface area contributed by atoms with Gasteiger partial charge in [-0.3, -0.25) is 0 Å². The molecule has 2 heterocycles. The van der Waals surface area contributed by atoms with Crippen LogP contribution in [0, 0.1) is 0 Å². The van der Waals surface area contributed by atoms with Gasteiger partial charge in [-0.25, -0.2) is 4.98 Å². The second-order valence-corrected chi connectivity index (χ2v) is 5.75. The van der Waals surface area contributed by atoms with Crippen LogP contribution in [0.5, 0.6) is 0 Å². The maximum atomic E-state index is 6.27. The van der Waals surface area contributed by atoms with Crippen molar-refractivity contribution >= 4 is 11.0 Å². The third-order valence-electron chi connectivity index (χ3n) is 4.21. The van der Waals surface area contributed by atoms with E-state index in [4.69, 9.17) is 10.5 Å². The first-order chi connectivity index (χ1) is 9.74. The van der Waals surface area contributed by atoms with Gasteiger partial charge in [-0.2, -0.15) is 0 Å². The normalized spacial score (nSPS) is 20.6. The molecule has 2 aromatic rings. The highest BCUT2D eigenvalue weighted by Gasteiger charge is 2.17. The van der Waals surface area contributed by atoms with Crippen LogP contribution in [-0.2, 0) is 18.2 Å². The summed E-state index contributed by atoms with van der Waals surface area (Å²) >= 11 is 0. The Morgan fingerprint density at radius 1 is 1.45 bits per heavy atom. The highest BCUT2D eigenvalue weighted by atomic mass is 16.5. The Balaban J connectivity index is 1.61. The molecule has 1 aromatic carbocycles. The number of aromatic nitrogens is 2. The minimum Gasteiger partial charge on any atom is -0.378 e. The van der Waals surface area contributed by atoms with Crippen molar-refractivity contribution < 1.29 is 4.74 Å². The van der Waals surface area contributed by atoms with E-state index in [1.54, 1.807) is 0 Å². The molecule has 3 rings (SSSR count). The predicted octanol–water partition coefficient (Wildman–Crippen LogP) is 2.40. The number of rotatable bonds is 5. The summed E-state index contributed by atoms with van der Waals surface area (Å²) in [5, 5.41) is 0. The van der Waals surface area contributed by atoms with Gasteiger partial charge < -0.3 is 15.0 Å². The molecule has 0 radical (unpaired) electrons. The lowest BCUT2D eigenvalue weighted by Gasteiger charge is -2.14. The molecule has 20 heavy (non-hydrogen) atoms. The number of hydrogen-bond acceptors (Lipinski definition) is 3. The van der Waals surface area contributed by atoms with Crippen molar-refractivity contribution in [3.05, 3.63) is 30.1 Å². The van der Waals surface area contributed by atoms with Crippen LogP contribution in [0.15, 0.2) is 24.3 Å². The van der Waals surface area contributed by atoms with Crippen LogP contribution < -0.4 is 5.73 Å².